The van der Waals surface area contributed by atoms with E-state index in [-0.39, 0.29) is 35.1 Å². The molecule has 0 amide bonds. The second kappa shape index (κ2) is 16.3. The summed E-state index contributed by atoms with van der Waals surface area (Å²) in [5.41, 5.74) is 0. The molecule has 0 aromatic heterocycles. The van der Waals surface area contributed by atoms with Gasteiger partial charge in [0.2, 0.25) is 0 Å². The molecular weight excluding hydrogens is 340 g/mol. The molecule has 1 saturated heterocycles. The summed E-state index contributed by atoms with van der Waals surface area (Å²) in [5.74, 6) is 4.34. The van der Waals surface area contributed by atoms with E-state index in [2.05, 4.69) is 10.2 Å². The Morgan fingerprint density at radius 1 is 0.923 bits per heavy atom. The van der Waals surface area contributed by atoms with Gasteiger partial charge in [-0.3, -0.25) is 9.59 Å². The lowest BCUT2D eigenvalue weighted by molar-refractivity contribution is -0.147. The molecule has 8 heteroatoms. The van der Waals surface area contributed by atoms with Crippen LogP contribution in [0.1, 0.15) is 59.8 Å². The predicted molar refractivity (Wildman–Crippen MR) is 97.0 cm³/mol. The van der Waals surface area contributed by atoms with Gasteiger partial charge < -0.3 is 19.7 Å². The van der Waals surface area contributed by atoms with Crippen molar-refractivity contribution in [1.29, 1.82) is 0 Å². The van der Waals surface area contributed by atoms with E-state index in [1.807, 2.05) is 0 Å². The number of carbonyl (C=O) groups excluding carboxylic acids is 5. The minimum Gasteiger partial charge on any atom is -0.372 e. The molecule has 1 fully saturated rings. The van der Waals surface area contributed by atoms with Crippen LogP contribution in [0.4, 0.5) is 0 Å². The number of hydrogen-bond donors (Lipinski definition) is 2. The monoisotopic (exact) mass is 370 g/mol. The fourth-order valence-corrected chi connectivity index (χ4v) is 1.72. The van der Waals surface area contributed by atoms with Crippen LogP contribution in [0.25, 0.3) is 0 Å². The molecule has 1 heterocycles. The minimum atomic E-state index is -0.347. The summed E-state index contributed by atoms with van der Waals surface area (Å²) in [5, 5.41) is 3.02. The van der Waals surface area contributed by atoms with Gasteiger partial charge in [0.25, 0.3) is 0 Å². The van der Waals surface area contributed by atoms with Crippen LogP contribution in [0.2, 0.25) is 0 Å². The molecule has 0 bridgehead atoms. The topological polar surface area (TPSA) is 133 Å². The number of Topliss-reactive ketones (excluding diaryl/α,β-unsaturated/α-hetero) is 2. The van der Waals surface area contributed by atoms with Gasteiger partial charge in [-0.2, -0.15) is 5.90 Å². The van der Waals surface area contributed by atoms with Gasteiger partial charge in [-0.05, 0) is 59.2 Å². The minimum absolute atomic E-state index is 0.0835. The van der Waals surface area contributed by atoms with Gasteiger partial charge in [0, 0.05) is 12.8 Å². The van der Waals surface area contributed by atoms with E-state index in [4.69, 9.17) is 5.90 Å². The third kappa shape index (κ3) is 19.9. The van der Waals surface area contributed by atoms with Gasteiger partial charge in [-0.25, -0.2) is 4.79 Å². The van der Waals surface area contributed by atoms with Gasteiger partial charge in [0.05, 0.1) is 0 Å². The number of piperidine rings is 1. The van der Waals surface area contributed by atoms with E-state index in [1.165, 1.54) is 39.8 Å². The van der Waals surface area contributed by atoms with E-state index >= 15 is 0 Å². The Bertz CT molecular complexity index is 478. The summed E-state index contributed by atoms with van der Waals surface area (Å²) in [7, 11) is 0. The standard InChI is InChI=1S/C6H12N2O2.C6H10O2.C6H8O2/c7-10-6(9)5-3-1-2-4-8-5;2*1-5(7)3-4-6(2)8/h5,8H,1-4,7H2;3-4H2,1-2H3;3-4H,1-2H3/b;;4-3-. The van der Waals surface area contributed by atoms with Gasteiger partial charge in [0.15, 0.2) is 11.6 Å². The van der Waals surface area contributed by atoms with Crippen LogP contribution < -0.4 is 11.2 Å². The smallest absolute Gasteiger partial charge is 0.341 e. The second-order valence-electron chi connectivity index (χ2n) is 5.90. The quantitative estimate of drug-likeness (QED) is 0.526. The molecule has 1 rings (SSSR count). The fraction of sp³-hybridized carbons (Fsp3) is 0.611. The number of allylic oxidation sites excluding steroid dienone is 2. The first-order valence-corrected chi connectivity index (χ1v) is 8.42. The molecule has 0 aromatic rings. The number of nitrogens with one attached hydrogen (secondary N) is 1. The molecule has 148 valence electrons. The SMILES string of the molecule is CC(=O)/C=C\C(C)=O.CC(=O)CCC(C)=O.NOC(=O)C1CCCCN1. The maximum atomic E-state index is 10.8. The third-order valence-corrected chi connectivity index (χ3v) is 3.09. The van der Waals surface area contributed by atoms with E-state index in [0.29, 0.717) is 12.8 Å². The van der Waals surface area contributed by atoms with Gasteiger partial charge in [-0.1, -0.05) is 6.42 Å². The molecule has 0 radical (unpaired) electrons. The predicted octanol–water partition coefficient (Wildman–Crippen LogP) is 1.21. The molecule has 0 aliphatic carbocycles. The summed E-state index contributed by atoms with van der Waals surface area (Å²) in [6.07, 6.45) is 6.35. The number of rotatable bonds is 6. The number of nitrogens with two attached hydrogens (primary N) is 1. The number of ketones is 4. The summed E-state index contributed by atoms with van der Waals surface area (Å²) in [4.78, 5) is 55.5. The zero-order valence-corrected chi connectivity index (χ0v) is 16.0. The second-order valence-corrected chi connectivity index (χ2v) is 5.90. The zero-order valence-electron chi connectivity index (χ0n) is 16.0. The van der Waals surface area contributed by atoms with Crippen LogP contribution in [0.15, 0.2) is 12.2 Å². The van der Waals surface area contributed by atoms with Crippen molar-refractivity contribution < 1.29 is 28.8 Å². The lowest BCUT2D eigenvalue weighted by Gasteiger charge is -2.19. The lowest BCUT2D eigenvalue weighted by Crippen LogP contribution is -2.42. The van der Waals surface area contributed by atoms with Crippen molar-refractivity contribution in [3.63, 3.8) is 0 Å². The average molecular weight is 370 g/mol. The molecule has 0 saturated carbocycles. The number of carbonyl (C=O) groups is 5. The van der Waals surface area contributed by atoms with Gasteiger partial charge in [-0.15, -0.1) is 0 Å². The van der Waals surface area contributed by atoms with E-state index in [0.717, 1.165) is 25.8 Å². The molecule has 1 aliphatic rings. The van der Waals surface area contributed by atoms with Crippen molar-refractivity contribution in [3.05, 3.63) is 12.2 Å². The van der Waals surface area contributed by atoms with Crippen molar-refractivity contribution in [1.82, 2.24) is 5.32 Å². The summed E-state index contributed by atoms with van der Waals surface area (Å²) in [6, 6.07) is -0.168. The molecule has 3 N–H and O–H groups in total. The first-order valence-electron chi connectivity index (χ1n) is 8.42. The van der Waals surface area contributed by atoms with Crippen LogP contribution in [-0.4, -0.2) is 41.7 Å². The highest BCUT2D eigenvalue weighted by Crippen LogP contribution is 2.06. The van der Waals surface area contributed by atoms with Crippen LogP contribution in [-0.2, 0) is 28.8 Å². The molecule has 26 heavy (non-hydrogen) atoms. The summed E-state index contributed by atoms with van der Waals surface area (Å²) >= 11 is 0. The van der Waals surface area contributed by atoms with Crippen molar-refractivity contribution in [3.8, 4) is 0 Å². The van der Waals surface area contributed by atoms with E-state index in [9.17, 15) is 24.0 Å². The molecule has 1 atom stereocenters. The largest absolute Gasteiger partial charge is 0.372 e. The maximum absolute atomic E-state index is 10.8. The van der Waals surface area contributed by atoms with Crippen LogP contribution >= 0.6 is 0 Å². The Labute approximate surface area is 154 Å². The normalized spacial score (nSPS) is 15.7. The highest BCUT2D eigenvalue weighted by atomic mass is 16.7. The van der Waals surface area contributed by atoms with E-state index < -0.39 is 0 Å². The Morgan fingerprint density at radius 2 is 1.38 bits per heavy atom. The van der Waals surface area contributed by atoms with Crippen molar-refractivity contribution >= 4 is 29.1 Å². The van der Waals surface area contributed by atoms with Gasteiger partial charge >= 0.3 is 5.97 Å². The van der Waals surface area contributed by atoms with Crippen LogP contribution in [0, 0.1) is 0 Å². The number of hydrogen-bond acceptors (Lipinski definition) is 8. The van der Waals surface area contributed by atoms with Crippen molar-refractivity contribution in [2.45, 2.75) is 65.8 Å². The highest BCUT2D eigenvalue weighted by Gasteiger charge is 2.20. The van der Waals surface area contributed by atoms with E-state index in [1.54, 1.807) is 0 Å². The summed E-state index contributed by atoms with van der Waals surface area (Å²) in [6.45, 7) is 6.67. The van der Waals surface area contributed by atoms with Gasteiger partial charge in [0.1, 0.15) is 17.6 Å². The Morgan fingerprint density at radius 3 is 1.65 bits per heavy atom. The Balaban J connectivity index is 0. The van der Waals surface area contributed by atoms with Crippen molar-refractivity contribution in [2.75, 3.05) is 6.54 Å². The van der Waals surface area contributed by atoms with Crippen LogP contribution in [0.5, 0.6) is 0 Å². The molecular formula is C18H30N2O6. The van der Waals surface area contributed by atoms with Crippen LogP contribution in [0.3, 0.4) is 0 Å². The molecule has 0 spiro atoms. The Kier molecular flexibility index (Phi) is 16.3. The fourth-order valence-electron chi connectivity index (χ4n) is 1.72. The lowest BCUT2D eigenvalue weighted by atomic mass is 10.1. The van der Waals surface area contributed by atoms with Crippen molar-refractivity contribution in [2.24, 2.45) is 5.90 Å². The Hall–Kier alpha value is -2.19. The first kappa shape index (κ1) is 26.0. The highest BCUT2D eigenvalue weighted by molar-refractivity contribution is 5.96. The molecule has 1 aliphatic heterocycles. The average Bonchev–Trinajstić information content (AvgIpc) is 2.59. The summed E-state index contributed by atoms with van der Waals surface area (Å²) < 4.78 is 0. The molecule has 0 aromatic carbocycles. The zero-order chi connectivity index (χ0) is 20.5. The third-order valence-electron chi connectivity index (χ3n) is 3.09. The molecule has 1 unspecified atom stereocenters. The first-order chi connectivity index (χ1) is 12.1. The molecule has 8 nitrogen and oxygen atoms in total. The maximum Gasteiger partial charge on any atom is 0.341 e.